The third-order valence-corrected chi connectivity index (χ3v) is 4.04. The van der Waals surface area contributed by atoms with Crippen molar-refractivity contribution < 1.29 is 4.79 Å². The van der Waals surface area contributed by atoms with Crippen LogP contribution in [0.2, 0.25) is 0 Å². The van der Waals surface area contributed by atoms with Gasteiger partial charge in [0.15, 0.2) is 0 Å². The van der Waals surface area contributed by atoms with Gasteiger partial charge in [-0.2, -0.15) is 0 Å². The van der Waals surface area contributed by atoms with E-state index in [1.54, 1.807) is 11.3 Å². The second kappa shape index (κ2) is 6.50. The van der Waals surface area contributed by atoms with Crippen LogP contribution in [-0.4, -0.2) is 5.91 Å². The van der Waals surface area contributed by atoms with Crippen molar-refractivity contribution in [2.24, 2.45) is 5.73 Å². The van der Waals surface area contributed by atoms with Crippen LogP contribution in [0.3, 0.4) is 0 Å². The van der Waals surface area contributed by atoms with Crippen molar-refractivity contribution in [3.05, 3.63) is 58.3 Å². The zero-order valence-electron chi connectivity index (χ0n) is 10.9. The quantitative estimate of drug-likeness (QED) is 0.880. The molecule has 1 amide bonds. The first-order valence-corrected chi connectivity index (χ1v) is 7.18. The van der Waals surface area contributed by atoms with Crippen LogP contribution >= 0.6 is 11.3 Å². The highest BCUT2D eigenvalue weighted by Gasteiger charge is 2.14. The molecule has 0 saturated carbocycles. The normalized spacial score (nSPS) is 13.8. The van der Waals surface area contributed by atoms with E-state index in [1.807, 2.05) is 54.8 Å². The molecule has 0 aliphatic heterocycles. The highest BCUT2D eigenvalue weighted by atomic mass is 32.1. The topological polar surface area (TPSA) is 55.1 Å². The van der Waals surface area contributed by atoms with E-state index in [4.69, 9.17) is 5.73 Å². The second-order valence-corrected chi connectivity index (χ2v) is 5.51. The molecule has 0 fully saturated rings. The Hall–Kier alpha value is -1.65. The summed E-state index contributed by atoms with van der Waals surface area (Å²) in [4.78, 5) is 13.1. The number of carbonyl (C=O) groups is 1. The van der Waals surface area contributed by atoms with E-state index < -0.39 is 0 Å². The molecular formula is C15H18N2OS. The van der Waals surface area contributed by atoms with Gasteiger partial charge in [-0.15, -0.1) is 11.3 Å². The van der Waals surface area contributed by atoms with Crippen molar-refractivity contribution in [3.8, 4) is 0 Å². The molecule has 0 aliphatic rings. The Morgan fingerprint density at radius 1 is 1.26 bits per heavy atom. The summed E-state index contributed by atoms with van der Waals surface area (Å²) < 4.78 is 0. The summed E-state index contributed by atoms with van der Waals surface area (Å²) in [6, 6.07) is 13.5. The largest absolute Gasteiger partial charge is 0.349 e. The van der Waals surface area contributed by atoms with Crippen molar-refractivity contribution in [1.82, 2.24) is 5.32 Å². The minimum absolute atomic E-state index is 0.0164. The molecule has 0 spiro atoms. The predicted molar refractivity (Wildman–Crippen MR) is 78.9 cm³/mol. The Bertz CT molecular complexity index is 510. The summed E-state index contributed by atoms with van der Waals surface area (Å²) in [7, 11) is 0. The number of amides is 1. The van der Waals surface area contributed by atoms with Crippen LogP contribution in [0.15, 0.2) is 47.8 Å². The number of hydrogen-bond donors (Lipinski definition) is 2. The lowest BCUT2D eigenvalue weighted by molar-refractivity contribution is -0.122. The first-order chi connectivity index (χ1) is 9.16. The maximum absolute atomic E-state index is 11.9. The van der Waals surface area contributed by atoms with Gasteiger partial charge in [0.25, 0.3) is 0 Å². The van der Waals surface area contributed by atoms with Crippen LogP contribution in [0.4, 0.5) is 0 Å². The second-order valence-electron chi connectivity index (χ2n) is 4.53. The molecule has 0 radical (unpaired) electrons. The monoisotopic (exact) mass is 274 g/mol. The third kappa shape index (κ3) is 3.91. The highest BCUT2D eigenvalue weighted by Crippen LogP contribution is 2.19. The van der Waals surface area contributed by atoms with Gasteiger partial charge in [-0.05, 0) is 23.9 Å². The number of hydrogen-bond acceptors (Lipinski definition) is 3. The minimum Gasteiger partial charge on any atom is -0.349 e. The van der Waals surface area contributed by atoms with E-state index in [-0.39, 0.29) is 18.0 Å². The maximum atomic E-state index is 11.9. The Kier molecular flexibility index (Phi) is 4.71. The molecule has 2 atom stereocenters. The number of nitrogens with one attached hydrogen (secondary N) is 1. The first-order valence-electron chi connectivity index (χ1n) is 6.30. The molecule has 1 aromatic heterocycles. The van der Waals surface area contributed by atoms with Gasteiger partial charge in [0.05, 0.1) is 6.04 Å². The summed E-state index contributed by atoms with van der Waals surface area (Å²) in [5, 5.41) is 4.98. The molecular weight excluding hydrogens is 256 g/mol. The summed E-state index contributed by atoms with van der Waals surface area (Å²) in [6.07, 6.45) is 0.305. The minimum atomic E-state index is -0.253. The molecule has 2 aromatic rings. The molecule has 100 valence electrons. The lowest BCUT2D eigenvalue weighted by Crippen LogP contribution is -2.29. The van der Waals surface area contributed by atoms with E-state index in [2.05, 4.69) is 5.32 Å². The van der Waals surface area contributed by atoms with Crippen LogP contribution in [0.5, 0.6) is 0 Å². The molecule has 3 N–H and O–H groups in total. The Labute approximate surface area is 117 Å². The van der Waals surface area contributed by atoms with Crippen LogP contribution < -0.4 is 11.1 Å². The number of benzene rings is 1. The molecule has 1 heterocycles. The number of rotatable bonds is 5. The van der Waals surface area contributed by atoms with Crippen molar-refractivity contribution in [1.29, 1.82) is 0 Å². The summed E-state index contributed by atoms with van der Waals surface area (Å²) in [5.74, 6) is -0.0164. The summed E-state index contributed by atoms with van der Waals surface area (Å²) >= 11 is 1.64. The molecule has 0 saturated heterocycles. The lowest BCUT2D eigenvalue weighted by Gasteiger charge is -2.15. The standard InChI is InChI=1S/C15H18N2OS/c1-11(14-8-5-9-19-14)17-15(18)10-13(16)12-6-3-2-4-7-12/h2-9,11,13H,10,16H2,1H3,(H,17,18)/t11-,13?/m0/s1. The van der Waals surface area contributed by atoms with Gasteiger partial charge in [0.2, 0.25) is 5.91 Å². The van der Waals surface area contributed by atoms with Gasteiger partial charge in [-0.1, -0.05) is 36.4 Å². The van der Waals surface area contributed by atoms with Gasteiger partial charge >= 0.3 is 0 Å². The molecule has 0 bridgehead atoms. The van der Waals surface area contributed by atoms with E-state index in [0.29, 0.717) is 6.42 Å². The number of thiophene rings is 1. The lowest BCUT2D eigenvalue weighted by atomic mass is 10.0. The molecule has 4 heteroatoms. The van der Waals surface area contributed by atoms with Crippen LogP contribution in [0.25, 0.3) is 0 Å². The predicted octanol–water partition coefficient (Wildman–Crippen LogP) is 3.02. The zero-order valence-corrected chi connectivity index (χ0v) is 11.7. The Morgan fingerprint density at radius 2 is 2.00 bits per heavy atom. The van der Waals surface area contributed by atoms with E-state index >= 15 is 0 Å². The molecule has 1 unspecified atom stereocenters. The van der Waals surface area contributed by atoms with Gasteiger partial charge in [0, 0.05) is 17.3 Å². The van der Waals surface area contributed by atoms with E-state index in [1.165, 1.54) is 0 Å². The van der Waals surface area contributed by atoms with Gasteiger partial charge < -0.3 is 11.1 Å². The van der Waals surface area contributed by atoms with Crippen LogP contribution in [-0.2, 0) is 4.79 Å². The van der Waals surface area contributed by atoms with Crippen molar-refractivity contribution >= 4 is 17.2 Å². The fourth-order valence-corrected chi connectivity index (χ4v) is 2.66. The highest BCUT2D eigenvalue weighted by molar-refractivity contribution is 7.10. The van der Waals surface area contributed by atoms with Crippen LogP contribution in [0, 0.1) is 0 Å². The van der Waals surface area contributed by atoms with Crippen LogP contribution in [0.1, 0.15) is 35.9 Å². The molecule has 2 rings (SSSR count). The average Bonchev–Trinajstić information content (AvgIpc) is 2.93. The van der Waals surface area contributed by atoms with E-state index in [9.17, 15) is 4.79 Å². The number of carbonyl (C=O) groups excluding carboxylic acids is 1. The van der Waals surface area contributed by atoms with E-state index in [0.717, 1.165) is 10.4 Å². The number of nitrogens with two attached hydrogens (primary N) is 1. The fourth-order valence-electron chi connectivity index (χ4n) is 1.93. The van der Waals surface area contributed by atoms with Crippen molar-refractivity contribution in [2.75, 3.05) is 0 Å². The molecule has 1 aromatic carbocycles. The molecule has 0 aliphatic carbocycles. The van der Waals surface area contributed by atoms with Crippen molar-refractivity contribution in [2.45, 2.75) is 25.4 Å². The Balaban J connectivity index is 1.88. The average molecular weight is 274 g/mol. The first kappa shape index (κ1) is 13.8. The molecule has 3 nitrogen and oxygen atoms in total. The maximum Gasteiger partial charge on any atom is 0.222 e. The van der Waals surface area contributed by atoms with Gasteiger partial charge in [-0.3, -0.25) is 4.79 Å². The zero-order chi connectivity index (χ0) is 13.7. The Morgan fingerprint density at radius 3 is 2.63 bits per heavy atom. The van der Waals surface area contributed by atoms with Gasteiger partial charge in [-0.25, -0.2) is 0 Å². The smallest absolute Gasteiger partial charge is 0.222 e. The fraction of sp³-hybridized carbons (Fsp3) is 0.267. The van der Waals surface area contributed by atoms with Gasteiger partial charge in [0.1, 0.15) is 0 Å². The molecule has 19 heavy (non-hydrogen) atoms. The SMILES string of the molecule is C[C@H](NC(=O)CC(N)c1ccccc1)c1cccs1. The summed E-state index contributed by atoms with van der Waals surface area (Å²) in [6.45, 7) is 1.98. The van der Waals surface area contributed by atoms with Crippen molar-refractivity contribution in [3.63, 3.8) is 0 Å². The summed E-state index contributed by atoms with van der Waals surface area (Å²) in [5.41, 5.74) is 7.02. The third-order valence-electron chi connectivity index (χ3n) is 2.98.